The fraction of sp³-hybridized carbons (Fsp3) is 0.625. The summed E-state index contributed by atoms with van der Waals surface area (Å²) in [5.74, 6) is -1.58. The Morgan fingerprint density at radius 3 is 2.43 bits per heavy atom. The zero-order chi connectivity index (χ0) is 15.6. The Bertz CT molecular complexity index is 499. The maximum Gasteiger partial charge on any atom is 0.163 e. The van der Waals surface area contributed by atoms with E-state index in [0.717, 1.165) is 26.2 Å². The van der Waals surface area contributed by atoms with Crippen LogP contribution in [0.1, 0.15) is 31.0 Å². The van der Waals surface area contributed by atoms with Crippen molar-refractivity contribution in [2.45, 2.75) is 26.8 Å². The number of rotatable bonds is 4. The van der Waals surface area contributed by atoms with Crippen molar-refractivity contribution in [3.05, 3.63) is 34.9 Å². The van der Waals surface area contributed by atoms with Crippen LogP contribution in [0.15, 0.2) is 12.1 Å². The third-order valence-electron chi connectivity index (χ3n) is 4.26. The molecule has 0 radical (unpaired) electrons. The predicted molar refractivity (Wildman–Crippen MR) is 79.1 cm³/mol. The molecule has 1 fully saturated rings. The summed E-state index contributed by atoms with van der Waals surface area (Å²) >= 11 is 0. The van der Waals surface area contributed by atoms with E-state index in [1.807, 2.05) is 13.8 Å². The smallest absolute Gasteiger partial charge is 0.163 e. The van der Waals surface area contributed by atoms with Gasteiger partial charge in [-0.3, -0.25) is 4.90 Å². The van der Waals surface area contributed by atoms with Crippen LogP contribution < -0.4 is 5.32 Å². The largest absolute Gasteiger partial charge is 0.396 e. The van der Waals surface area contributed by atoms with Crippen LogP contribution in [0.2, 0.25) is 0 Å². The van der Waals surface area contributed by atoms with Crippen molar-refractivity contribution in [1.29, 1.82) is 0 Å². The minimum absolute atomic E-state index is 0.0868. The molecule has 21 heavy (non-hydrogen) atoms. The monoisotopic (exact) mass is 298 g/mol. The van der Waals surface area contributed by atoms with E-state index in [4.69, 9.17) is 0 Å². The number of benzene rings is 1. The van der Waals surface area contributed by atoms with E-state index in [1.165, 1.54) is 0 Å². The summed E-state index contributed by atoms with van der Waals surface area (Å²) < 4.78 is 28.4. The minimum atomic E-state index is -0.792. The van der Waals surface area contributed by atoms with Crippen LogP contribution in [0, 0.1) is 24.0 Å². The van der Waals surface area contributed by atoms with Gasteiger partial charge in [0.05, 0.1) is 0 Å². The molecule has 0 amide bonds. The lowest BCUT2D eigenvalue weighted by atomic mass is 9.79. The summed E-state index contributed by atoms with van der Waals surface area (Å²) in [5.41, 5.74) is 0.0797. The molecular formula is C16H24F2N2O. The second kappa shape index (κ2) is 6.38. The lowest BCUT2D eigenvalue weighted by molar-refractivity contribution is 0.0283. The first-order chi connectivity index (χ1) is 9.88. The molecule has 0 spiro atoms. The summed E-state index contributed by atoms with van der Waals surface area (Å²) in [5, 5.41) is 13.0. The Morgan fingerprint density at radius 1 is 1.24 bits per heavy atom. The van der Waals surface area contributed by atoms with Crippen LogP contribution in [0.5, 0.6) is 0 Å². The molecule has 1 saturated heterocycles. The van der Waals surface area contributed by atoms with Gasteiger partial charge < -0.3 is 10.4 Å². The maximum atomic E-state index is 14.4. The fourth-order valence-corrected chi connectivity index (χ4v) is 3.01. The quantitative estimate of drug-likeness (QED) is 0.895. The molecule has 5 heteroatoms. The molecule has 2 rings (SSSR count). The van der Waals surface area contributed by atoms with Gasteiger partial charge >= 0.3 is 0 Å². The summed E-state index contributed by atoms with van der Waals surface area (Å²) in [4.78, 5) is 2.12. The van der Waals surface area contributed by atoms with E-state index in [2.05, 4.69) is 10.2 Å². The van der Waals surface area contributed by atoms with Crippen LogP contribution >= 0.6 is 0 Å². The fourth-order valence-electron chi connectivity index (χ4n) is 3.01. The predicted octanol–water partition coefficient (Wildman–Crippen LogP) is 2.24. The van der Waals surface area contributed by atoms with Crippen LogP contribution in [0.3, 0.4) is 0 Å². The van der Waals surface area contributed by atoms with Crippen molar-refractivity contribution in [3.8, 4) is 0 Å². The number of aryl methyl sites for hydroxylation is 1. The molecule has 1 aliphatic rings. The van der Waals surface area contributed by atoms with Gasteiger partial charge in [0.25, 0.3) is 0 Å². The SMILES string of the molecule is Cc1ccc([C@H](N2CCNCC2)C(C)(C)CO)c(F)c1F. The number of nitrogens with zero attached hydrogens (tertiary/aromatic N) is 1. The first-order valence-electron chi connectivity index (χ1n) is 7.38. The van der Waals surface area contributed by atoms with Gasteiger partial charge in [-0.05, 0) is 12.5 Å². The number of halogens is 2. The highest BCUT2D eigenvalue weighted by molar-refractivity contribution is 5.29. The highest BCUT2D eigenvalue weighted by atomic mass is 19.2. The number of nitrogens with one attached hydrogen (secondary N) is 1. The van der Waals surface area contributed by atoms with Crippen LogP contribution in [-0.4, -0.2) is 42.8 Å². The summed E-state index contributed by atoms with van der Waals surface area (Å²) in [6.07, 6.45) is 0. The molecule has 1 aromatic rings. The molecule has 1 heterocycles. The normalized spacial score (nSPS) is 18.8. The van der Waals surface area contributed by atoms with E-state index < -0.39 is 17.0 Å². The van der Waals surface area contributed by atoms with E-state index in [9.17, 15) is 13.9 Å². The van der Waals surface area contributed by atoms with Crippen LogP contribution in [0.25, 0.3) is 0 Å². The average molecular weight is 298 g/mol. The van der Waals surface area contributed by atoms with Gasteiger partial charge in [0.15, 0.2) is 11.6 Å². The molecule has 3 nitrogen and oxygen atoms in total. The second-order valence-corrected chi connectivity index (χ2v) is 6.43. The average Bonchev–Trinajstić information content (AvgIpc) is 2.48. The van der Waals surface area contributed by atoms with Crippen molar-refractivity contribution in [2.75, 3.05) is 32.8 Å². The molecule has 2 N–H and O–H groups in total. The van der Waals surface area contributed by atoms with Gasteiger partial charge in [0.1, 0.15) is 0 Å². The van der Waals surface area contributed by atoms with Gasteiger partial charge in [-0.2, -0.15) is 0 Å². The van der Waals surface area contributed by atoms with Gasteiger partial charge in [-0.15, -0.1) is 0 Å². The molecule has 0 aliphatic carbocycles. The van der Waals surface area contributed by atoms with Crippen molar-refractivity contribution >= 4 is 0 Å². The molecule has 1 aromatic carbocycles. The summed E-state index contributed by atoms with van der Waals surface area (Å²) in [6.45, 7) is 8.37. The summed E-state index contributed by atoms with van der Waals surface area (Å²) in [7, 11) is 0. The highest BCUT2D eigenvalue weighted by Gasteiger charge is 2.37. The lowest BCUT2D eigenvalue weighted by Gasteiger charge is -2.43. The van der Waals surface area contributed by atoms with E-state index >= 15 is 0 Å². The molecular weight excluding hydrogens is 274 g/mol. The molecule has 118 valence electrons. The van der Waals surface area contributed by atoms with Crippen LogP contribution in [0.4, 0.5) is 8.78 Å². The third kappa shape index (κ3) is 3.25. The number of aliphatic hydroxyl groups is 1. The zero-order valence-corrected chi connectivity index (χ0v) is 12.9. The lowest BCUT2D eigenvalue weighted by Crippen LogP contribution is -2.49. The first-order valence-corrected chi connectivity index (χ1v) is 7.38. The number of hydrogen-bond acceptors (Lipinski definition) is 3. The molecule has 0 bridgehead atoms. The van der Waals surface area contributed by atoms with Crippen LogP contribution in [-0.2, 0) is 0 Å². The van der Waals surface area contributed by atoms with Gasteiger partial charge in [0.2, 0.25) is 0 Å². The van der Waals surface area contributed by atoms with Crippen molar-refractivity contribution < 1.29 is 13.9 Å². The number of piperazine rings is 1. The Balaban J connectivity index is 2.47. The van der Waals surface area contributed by atoms with Crippen molar-refractivity contribution in [3.63, 3.8) is 0 Å². The second-order valence-electron chi connectivity index (χ2n) is 6.43. The standard InChI is InChI=1S/C16H24F2N2O/c1-11-4-5-12(14(18)13(11)17)15(16(2,3)10-21)20-8-6-19-7-9-20/h4-5,15,19,21H,6-10H2,1-3H3/t15-/m0/s1. The Labute approximate surface area is 125 Å². The third-order valence-corrected chi connectivity index (χ3v) is 4.26. The Kier molecular flexibility index (Phi) is 4.96. The zero-order valence-electron chi connectivity index (χ0n) is 12.9. The summed E-state index contributed by atoms with van der Waals surface area (Å²) in [6, 6.07) is 2.91. The Hall–Kier alpha value is -1.04. The highest BCUT2D eigenvalue weighted by Crippen LogP contribution is 2.40. The van der Waals surface area contributed by atoms with Crippen molar-refractivity contribution in [2.24, 2.45) is 5.41 Å². The van der Waals surface area contributed by atoms with E-state index in [1.54, 1.807) is 19.1 Å². The topological polar surface area (TPSA) is 35.5 Å². The molecule has 1 aliphatic heterocycles. The van der Waals surface area contributed by atoms with E-state index in [0.29, 0.717) is 11.1 Å². The van der Waals surface area contributed by atoms with Gasteiger partial charge in [-0.25, -0.2) is 8.78 Å². The first kappa shape index (κ1) is 16.3. The maximum absolute atomic E-state index is 14.4. The number of aliphatic hydroxyl groups excluding tert-OH is 1. The number of hydrogen-bond donors (Lipinski definition) is 2. The minimum Gasteiger partial charge on any atom is -0.396 e. The Morgan fingerprint density at radius 2 is 1.86 bits per heavy atom. The molecule has 0 aromatic heterocycles. The molecule has 0 unspecified atom stereocenters. The van der Waals surface area contributed by atoms with Gasteiger partial charge in [-0.1, -0.05) is 26.0 Å². The van der Waals surface area contributed by atoms with Crippen molar-refractivity contribution in [1.82, 2.24) is 10.2 Å². The van der Waals surface area contributed by atoms with E-state index in [-0.39, 0.29) is 12.6 Å². The molecule has 0 saturated carbocycles. The van der Waals surface area contributed by atoms with Gasteiger partial charge in [0, 0.05) is 49.8 Å². The molecule has 1 atom stereocenters.